The number of rotatable bonds is 3. The number of aromatic nitrogens is 2. The van der Waals surface area contributed by atoms with E-state index in [4.69, 9.17) is 11.5 Å². The Bertz CT molecular complexity index is 1160. The molecule has 0 aliphatic heterocycles. The summed E-state index contributed by atoms with van der Waals surface area (Å²) in [7, 11) is 0. The number of hydrogen-bond acceptors (Lipinski definition) is 4. The van der Waals surface area contributed by atoms with Gasteiger partial charge in [-0.05, 0) is 53.6 Å². The minimum absolute atomic E-state index is 0.327. The molecule has 0 radical (unpaired) electrons. The molecule has 0 saturated heterocycles. The van der Waals surface area contributed by atoms with Crippen LogP contribution in [0.2, 0.25) is 0 Å². The summed E-state index contributed by atoms with van der Waals surface area (Å²) in [6.07, 6.45) is 1.96. The fourth-order valence-corrected chi connectivity index (χ4v) is 3.09. The van der Waals surface area contributed by atoms with Gasteiger partial charge >= 0.3 is 0 Å². The van der Waals surface area contributed by atoms with Crippen LogP contribution in [0, 0.1) is 11.6 Å². The first kappa shape index (κ1) is 16.9. The van der Waals surface area contributed by atoms with Gasteiger partial charge in [-0.1, -0.05) is 12.1 Å². The average molecular weight is 362 g/mol. The molecule has 0 amide bonds. The van der Waals surface area contributed by atoms with E-state index in [1.807, 2.05) is 0 Å². The first-order valence-electron chi connectivity index (χ1n) is 8.35. The summed E-state index contributed by atoms with van der Waals surface area (Å²) in [4.78, 5) is 0. The van der Waals surface area contributed by atoms with E-state index in [1.54, 1.807) is 36.4 Å². The summed E-state index contributed by atoms with van der Waals surface area (Å²) in [5.74, 6) is -0.680. The summed E-state index contributed by atoms with van der Waals surface area (Å²) < 4.78 is 27.8. The van der Waals surface area contributed by atoms with Gasteiger partial charge in [0.25, 0.3) is 0 Å². The fourth-order valence-electron chi connectivity index (χ4n) is 3.09. The number of nitrogen functional groups attached to an aromatic ring is 2. The van der Waals surface area contributed by atoms with Crippen LogP contribution in [0.3, 0.4) is 0 Å². The second-order valence-corrected chi connectivity index (χ2v) is 6.36. The minimum Gasteiger partial charge on any atom is -0.397 e. The molecule has 0 bridgehead atoms. The van der Waals surface area contributed by atoms with Crippen LogP contribution in [0.1, 0.15) is 11.3 Å². The summed E-state index contributed by atoms with van der Waals surface area (Å²) in [6, 6.07) is 14.4. The van der Waals surface area contributed by atoms with E-state index in [-0.39, 0.29) is 11.6 Å². The predicted octanol–water partition coefficient (Wildman–Crippen LogP) is 4.33. The van der Waals surface area contributed by atoms with Crippen molar-refractivity contribution in [2.45, 2.75) is 6.42 Å². The molecular formula is C21H16F2N4. The van der Waals surface area contributed by atoms with Crippen molar-refractivity contribution in [3.63, 3.8) is 0 Å². The van der Waals surface area contributed by atoms with Crippen molar-refractivity contribution in [3.8, 4) is 11.1 Å². The lowest BCUT2D eigenvalue weighted by Gasteiger charge is -2.10. The maximum atomic E-state index is 14.4. The number of benzene rings is 3. The molecule has 27 heavy (non-hydrogen) atoms. The molecule has 4 nitrogen and oxygen atoms in total. The van der Waals surface area contributed by atoms with E-state index in [0.29, 0.717) is 40.0 Å². The van der Waals surface area contributed by atoms with E-state index in [1.165, 1.54) is 24.4 Å². The minimum atomic E-state index is -0.353. The van der Waals surface area contributed by atoms with Crippen LogP contribution in [-0.4, -0.2) is 10.2 Å². The maximum Gasteiger partial charge on any atom is 0.131 e. The van der Waals surface area contributed by atoms with Gasteiger partial charge in [-0.15, -0.1) is 0 Å². The highest BCUT2D eigenvalue weighted by Gasteiger charge is 2.11. The van der Waals surface area contributed by atoms with Crippen LogP contribution in [0.5, 0.6) is 0 Å². The van der Waals surface area contributed by atoms with Crippen LogP contribution in [0.25, 0.3) is 21.9 Å². The summed E-state index contributed by atoms with van der Waals surface area (Å²) >= 11 is 0. The van der Waals surface area contributed by atoms with Gasteiger partial charge < -0.3 is 11.5 Å². The Morgan fingerprint density at radius 1 is 0.852 bits per heavy atom. The molecule has 134 valence electrons. The molecule has 4 rings (SSSR count). The van der Waals surface area contributed by atoms with Gasteiger partial charge in [-0.25, -0.2) is 8.78 Å². The van der Waals surface area contributed by atoms with Gasteiger partial charge in [0.15, 0.2) is 0 Å². The molecule has 0 aliphatic carbocycles. The lowest BCUT2D eigenvalue weighted by Crippen LogP contribution is -1.98. The van der Waals surface area contributed by atoms with E-state index >= 15 is 0 Å². The molecular weight excluding hydrogens is 346 g/mol. The number of nitrogens with two attached hydrogens (primary N) is 2. The van der Waals surface area contributed by atoms with Crippen molar-refractivity contribution in [3.05, 3.63) is 83.7 Å². The zero-order valence-electron chi connectivity index (χ0n) is 14.3. The van der Waals surface area contributed by atoms with Crippen molar-refractivity contribution >= 4 is 22.1 Å². The topological polar surface area (TPSA) is 77.8 Å². The van der Waals surface area contributed by atoms with Gasteiger partial charge in [0.05, 0.1) is 23.3 Å². The van der Waals surface area contributed by atoms with Crippen molar-refractivity contribution in [1.82, 2.24) is 10.2 Å². The molecule has 3 aromatic carbocycles. The summed E-state index contributed by atoms with van der Waals surface area (Å²) in [5.41, 5.74) is 15.1. The Labute approximate surface area is 154 Å². The largest absolute Gasteiger partial charge is 0.397 e. The Hall–Kier alpha value is -3.54. The molecule has 0 saturated carbocycles. The molecule has 4 aromatic rings. The maximum absolute atomic E-state index is 14.4. The standard InChI is InChI=1S/C21H16F2N4/c22-15-3-4-16-14(9-15)11-26-27-21(16)8-12-1-5-18(23)17(7-12)13-2-6-19(24)20(25)10-13/h1-7,9-11H,8,24-25H2. The van der Waals surface area contributed by atoms with Crippen molar-refractivity contribution in [2.24, 2.45) is 0 Å². The van der Waals surface area contributed by atoms with Crippen molar-refractivity contribution < 1.29 is 8.78 Å². The molecule has 0 spiro atoms. The van der Waals surface area contributed by atoms with E-state index in [9.17, 15) is 8.78 Å². The van der Waals surface area contributed by atoms with E-state index in [0.717, 1.165) is 10.9 Å². The van der Waals surface area contributed by atoms with E-state index < -0.39 is 0 Å². The molecule has 0 atom stereocenters. The summed E-state index contributed by atoms with van der Waals surface area (Å²) in [5, 5.41) is 9.62. The van der Waals surface area contributed by atoms with Gasteiger partial charge in [-0.3, -0.25) is 0 Å². The van der Waals surface area contributed by atoms with Crippen LogP contribution < -0.4 is 11.5 Å². The third-order valence-corrected chi connectivity index (χ3v) is 4.50. The van der Waals surface area contributed by atoms with Gasteiger partial charge in [0.2, 0.25) is 0 Å². The molecule has 1 heterocycles. The Kier molecular flexibility index (Phi) is 4.16. The lowest BCUT2D eigenvalue weighted by molar-refractivity contribution is 0.629. The lowest BCUT2D eigenvalue weighted by atomic mass is 9.98. The Balaban J connectivity index is 1.75. The smallest absolute Gasteiger partial charge is 0.131 e. The second kappa shape index (κ2) is 6.64. The monoisotopic (exact) mass is 362 g/mol. The zero-order valence-corrected chi connectivity index (χ0v) is 14.3. The van der Waals surface area contributed by atoms with Crippen molar-refractivity contribution in [1.29, 1.82) is 0 Å². The SMILES string of the molecule is Nc1ccc(-c2cc(Cc3nncc4cc(F)ccc34)ccc2F)cc1N. The normalized spacial score (nSPS) is 11.0. The number of halogens is 2. The highest BCUT2D eigenvalue weighted by Crippen LogP contribution is 2.29. The Morgan fingerprint density at radius 2 is 1.70 bits per heavy atom. The predicted molar refractivity (Wildman–Crippen MR) is 103 cm³/mol. The van der Waals surface area contributed by atoms with Gasteiger partial charge in [-0.2, -0.15) is 10.2 Å². The third kappa shape index (κ3) is 3.29. The number of anilines is 2. The van der Waals surface area contributed by atoms with Crippen LogP contribution in [0.4, 0.5) is 20.2 Å². The van der Waals surface area contributed by atoms with Crippen LogP contribution >= 0.6 is 0 Å². The molecule has 1 aromatic heterocycles. The molecule has 6 heteroatoms. The van der Waals surface area contributed by atoms with Gasteiger partial charge in [0, 0.05) is 22.8 Å². The van der Waals surface area contributed by atoms with Crippen molar-refractivity contribution in [2.75, 3.05) is 11.5 Å². The molecule has 0 fully saturated rings. The molecule has 4 N–H and O–H groups in total. The molecule has 0 aliphatic rings. The average Bonchev–Trinajstić information content (AvgIpc) is 2.65. The number of hydrogen-bond donors (Lipinski definition) is 2. The fraction of sp³-hybridized carbons (Fsp3) is 0.0476. The quantitative estimate of drug-likeness (QED) is 0.532. The first-order chi connectivity index (χ1) is 13.0. The van der Waals surface area contributed by atoms with Gasteiger partial charge in [0.1, 0.15) is 11.6 Å². The summed E-state index contributed by atoms with van der Waals surface area (Å²) in [6.45, 7) is 0. The van der Waals surface area contributed by atoms with Crippen LogP contribution in [0.15, 0.2) is 60.8 Å². The highest BCUT2D eigenvalue weighted by molar-refractivity contribution is 5.84. The third-order valence-electron chi connectivity index (χ3n) is 4.50. The Morgan fingerprint density at radius 3 is 2.52 bits per heavy atom. The zero-order chi connectivity index (χ0) is 19.0. The highest BCUT2D eigenvalue weighted by atomic mass is 19.1. The number of nitrogens with zero attached hydrogens (tertiary/aromatic N) is 2. The second-order valence-electron chi connectivity index (χ2n) is 6.36. The van der Waals surface area contributed by atoms with Crippen LogP contribution in [-0.2, 0) is 6.42 Å². The first-order valence-corrected chi connectivity index (χ1v) is 8.35. The number of fused-ring (bicyclic) bond motifs is 1. The molecule has 0 unspecified atom stereocenters. The van der Waals surface area contributed by atoms with E-state index in [2.05, 4.69) is 10.2 Å².